The first-order valence-electron chi connectivity index (χ1n) is 14.6. The lowest BCUT2D eigenvalue weighted by atomic mass is 9.94. The van der Waals surface area contributed by atoms with E-state index in [4.69, 9.17) is 19.7 Å². The van der Waals surface area contributed by atoms with Gasteiger partial charge in [0.15, 0.2) is 0 Å². The predicted molar refractivity (Wildman–Crippen MR) is 158 cm³/mol. The molecule has 3 aliphatic rings. The summed E-state index contributed by atoms with van der Waals surface area (Å²) in [6.45, 7) is 3.57. The fraction of sp³-hybridized carbons (Fsp3) is 0.438. The second-order valence-electron chi connectivity index (χ2n) is 11.5. The highest BCUT2D eigenvalue weighted by Crippen LogP contribution is 2.35. The van der Waals surface area contributed by atoms with Crippen molar-refractivity contribution in [2.45, 2.75) is 56.7 Å². The molecule has 2 aromatic carbocycles. The molecule has 4 aromatic rings. The van der Waals surface area contributed by atoms with Gasteiger partial charge < -0.3 is 19.9 Å². The highest BCUT2D eigenvalue weighted by atomic mass is 16.5. The molecule has 2 aromatic heterocycles. The summed E-state index contributed by atoms with van der Waals surface area (Å²) in [5.41, 5.74) is 3.94. The summed E-state index contributed by atoms with van der Waals surface area (Å²) in [5, 5.41) is 16.2. The first kappa shape index (κ1) is 25.2. The minimum absolute atomic E-state index is 0.397. The quantitative estimate of drug-likeness (QED) is 0.365. The number of nitriles is 1. The van der Waals surface area contributed by atoms with Gasteiger partial charge in [0.2, 0.25) is 0 Å². The number of anilines is 1. The Bertz CT molecular complexity index is 1580. The van der Waals surface area contributed by atoms with Crippen molar-refractivity contribution < 1.29 is 4.74 Å². The van der Waals surface area contributed by atoms with Gasteiger partial charge in [0.1, 0.15) is 12.4 Å². The average molecular weight is 534 g/mol. The number of nitrogens with one attached hydrogen (secondary N) is 1. The van der Waals surface area contributed by atoms with E-state index in [0.29, 0.717) is 43.6 Å². The molecule has 2 unspecified atom stereocenters. The maximum Gasteiger partial charge on any atom is 0.319 e. The number of nitrogens with zero attached hydrogens (tertiary/aromatic N) is 6. The first-order chi connectivity index (χ1) is 19.7. The second kappa shape index (κ2) is 10.6. The smallest absolute Gasteiger partial charge is 0.319 e. The van der Waals surface area contributed by atoms with Crippen molar-refractivity contribution >= 4 is 27.5 Å². The lowest BCUT2D eigenvalue weighted by molar-refractivity contribution is 0.188. The number of pyridine rings is 1. The third-order valence-corrected chi connectivity index (χ3v) is 8.91. The molecule has 8 nitrogen and oxygen atoms in total. The molecular weight excluding hydrogens is 498 g/mol. The Hall–Kier alpha value is -3.80. The molecule has 204 valence electrons. The normalized spacial score (nSPS) is 22.7. The number of rotatable bonds is 7. The first-order valence-corrected chi connectivity index (χ1v) is 14.6. The number of likely N-dealkylation sites (tertiary alicyclic amines) is 1. The van der Waals surface area contributed by atoms with Gasteiger partial charge in [-0.3, -0.25) is 4.98 Å². The van der Waals surface area contributed by atoms with Crippen LogP contribution < -0.4 is 15.0 Å². The van der Waals surface area contributed by atoms with Crippen LogP contribution in [0.1, 0.15) is 37.7 Å². The van der Waals surface area contributed by atoms with Crippen molar-refractivity contribution in [2.24, 2.45) is 0 Å². The number of hydrogen-bond acceptors (Lipinski definition) is 8. The monoisotopic (exact) mass is 533 g/mol. The average Bonchev–Trinajstić information content (AvgIpc) is 3.56. The number of aromatic nitrogens is 3. The fourth-order valence-corrected chi connectivity index (χ4v) is 6.80. The molecule has 3 aliphatic heterocycles. The molecule has 3 fully saturated rings. The summed E-state index contributed by atoms with van der Waals surface area (Å²) in [5.74, 6) is 0.921. The van der Waals surface area contributed by atoms with Crippen LogP contribution in [0.2, 0.25) is 0 Å². The van der Waals surface area contributed by atoms with Gasteiger partial charge in [0.25, 0.3) is 0 Å². The van der Waals surface area contributed by atoms with Gasteiger partial charge >= 0.3 is 6.01 Å². The zero-order valence-corrected chi connectivity index (χ0v) is 23.0. The molecule has 0 saturated carbocycles. The highest BCUT2D eigenvalue weighted by Gasteiger charge is 2.34. The van der Waals surface area contributed by atoms with Crippen molar-refractivity contribution in [1.29, 1.82) is 5.26 Å². The lowest BCUT2D eigenvalue weighted by Gasteiger charge is -2.34. The minimum atomic E-state index is 0.397. The molecule has 1 N–H and O–H groups in total. The SMILES string of the molecule is CN1CCC[C@H]1COc1nc(N2CC3CCC(C2)N3)c2cnc(-c3cccc4cccc(CCC#N)c34)cc2n1. The van der Waals surface area contributed by atoms with E-state index >= 15 is 0 Å². The molecule has 0 spiro atoms. The topological polar surface area (TPSA) is 90.2 Å². The third kappa shape index (κ3) is 4.74. The maximum atomic E-state index is 9.23. The van der Waals surface area contributed by atoms with Gasteiger partial charge in [0.05, 0.1) is 22.7 Å². The second-order valence-corrected chi connectivity index (χ2v) is 11.5. The standard InChI is InChI=1S/C32H35N7O/c1-38-15-5-10-25(38)20-40-32-36-29-16-28(26-11-3-8-21-6-2-7-22(30(21)26)9-4-14-33)34-17-27(29)31(37-32)39-18-23-12-13-24(19-39)35-23/h2-3,6-8,11,16-17,23-25,35H,4-5,9-10,12-13,15,18-20H2,1H3/t23?,24?,25-/m0/s1. The van der Waals surface area contributed by atoms with Crippen LogP contribution in [0.4, 0.5) is 5.82 Å². The molecular formula is C32H35N7O. The Morgan fingerprint density at radius 3 is 2.67 bits per heavy atom. The van der Waals surface area contributed by atoms with Gasteiger partial charge in [-0.05, 0) is 68.1 Å². The zero-order valence-electron chi connectivity index (χ0n) is 23.0. The molecule has 0 amide bonds. The third-order valence-electron chi connectivity index (χ3n) is 8.91. The van der Waals surface area contributed by atoms with Crippen LogP contribution in [0.3, 0.4) is 0 Å². The van der Waals surface area contributed by atoms with Gasteiger partial charge in [-0.15, -0.1) is 0 Å². The van der Waals surface area contributed by atoms with E-state index < -0.39 is 0 Å². The molecule has 0 radical (unpaired) electrons. The molecule has 3 saturated heterocycles. The van der Waals surface area contributed by atoms with Crippen LogP contribution >= 0.6 is 0 Å². The van der Waals surface area contributed by atoms with Crippen molar-refractivity contribution in [3.63, 3.8) is 0 Å². The van der Waals surface area contributed by atoms with Crippen molar-refractivity contribution in [3.05, 3.63) is 54.2 Å². The largest absolute Gasteiger partial charge is 0.462 e. The molecule has 3 atom stereocenters. The zero-order chi connectivity index (χ0) is 27.1. The summed E-state index contributed by atoms with van der Waals surface area (Å²) in [4.78, 5) is 19.6. The van der Waals surface area contributed by atoms with Crippen molar-refractivity contribution in [1.82, 2.24) is 25.2 Å². The number of piperazine rings is 1. The molecule has 0 aliphatic carbocycles. The number of ether oxygens (including phenoxy) is 1. The molecule has 5 heterocycles. The van der Waals surface area contributed by atoms with E-state index in [0.717, 1.165) is 64.8 Å². The van der Waals surface area contributed by atoms with Crippen molar-refractivity contribution in [2.75, 3.05) is 38.2 Å². The molecule has 2 bridgehead atoms. The lowest BCUT2D eigenvalue weighted by Crippen LogP contribution is -2.51. The number of hydrogen-bond donors (Lipinski definition) is 1. The van der Waals surface area contributed by atoms with E-state index in [9.17, 15) is 5.26 Å². The molecule has 8 heteroatoms. The summed E-state index contributed by atoms with van der Waals surface area (Å²) >= 11 is 0. The number of likely N-dealkylation sites (N-methyl/N-ethyl adjacent to an activating group) is 1. The predicted octanol–water partition coefficient (Wildman–Crippen LogP) is 4.71. The number of aryl methyl sites for hydroxylation is 1. The molecule has 7 rings (SSSR count). The van der Waals surface area contributed by atoms with Crippen molar-refractivity contribution in [3.8, 4) is 23.3 Å². The van der Waals surface area contributed by atoms with Crippen LogP contribution in [-0.2, 0) is 6.42 Å². The Morgan fingerprint density at radius 1 is 1.07 bits per heavy atom. The summed E-state index contributed by atoms with van der Waals surface area (Å²) in [7, 11) is 2.16. The Kier molecular flexibility index (Phi) is 6.70. The highest BCUT2D eigenvalue weighted by molar-refractivity contribution is 6.00. The van der Waals surface area contributed by atoms with Crippen LogP contribution in [0, 0.1) is 11.3 Å². The van der Waals surface area contributed by atoms with Gasteiger partial charge in [-0.1, -0.05) is 36.4 Å². The van der Waals surface area contributed by atoms with Crippen LogP contribution in [0.5, 0.6) is 6.01 Å². The number of fused-ring (bicyclic) bond motifs is 4. The van der Waals surface area contributed by atoms with Crippen LogP contribution in [0.25, 0.3) is 32.9 Å². The fourth-order valence-electron chi connectivity index (χ4n) is 6.80. The maximum absolute atomic E-state index is 9.23. The van der Waals surface area contributed by atoms with E-state index in [1.807, 2.05) is 6.20 Å². The Morgan fingerprint density at radius 2 is 1.90 bits per heavy atom. The van der Waals surface area contributed by atoms with Gasteiger partial charge in [-0.25, -0.2) is 0 Å². The summed E-state index contributed by atoms with van der Waals surface area (Å²) in [6.07, 6.45) is 7.89. The molecule has 40 heavy (non-hydrogen) atoms. The van der Waals surface area contributed by atoms with E-state index in [2.05, 4.69) is 70.7 Å². The van der Waals surface area contributed by atoms with E-state index in [1.54, 1.807) is 0 Å². The summed E-state index contributed by atoms with van der Waals surface area (Å²) < 4.78 is 6.29. The van der Waals surface area contributed by atoms with Crippen LogP contribution in [-0.4, -0.2) is 71.3 Å². The minimum Gasteiger partial charge on any atom is -0.462 e. The summed E-state index contributed by atoms with van der Waals surface area (Å²) in [6, 6.07) is 18.8. The number of benzene rings is 2. The Balaban J connectivity index is 1.31. The van der Waals surface area contributed by atoms with Gasteiger partial charge in [0, 0.05) is 49.4 Å². The van der Waals surface area contributed by atoms with Crippen LogP contribution in [0.15, 0.2) is 48.7 Å². The Labute approximate surface area is 235 Å². The van der Waals surface area contributed by atoms with E-state index in [-0.39, 0.29) is 0 Å². The van der Waals surface area contributed by atoms with E-state index in [1.165, 1.54) is 24.8 Å². The van der Waals surface area contributed by atoms with Gasteiger partial charge in [-0.2, -0.15) is 15.2 Å².